The van der Waals surface area contributed by atoms with Gasteiger partial charge in [-0.1, -0.05) is 6.07 Å². The summed E-state index contributed by atoms with van der Waals surface area (Å²) in [6.45, 7) is -0.750. The molecule has 0 saturated carbocycles. The Morgan fingerprint density at radius 2 is 2.23 bits per heavy atom. The van der Waals surface area contributed by atoms with Crippen molar-refractivity contribution in [3.63, 3.8) is 0 Å². The van der Waals surface area contributed by atoms with Gasteiger partial charge in [-0.3, -0.25) is 10.1 Å². The van der Waals surface area contributed by atoms with Gasteiger partial charge < -0.3 is 0 Å². The normalized spacial score (nSPS) is 9.23. The highest BCUT2D eigenvalue weighted by molar-refractivity contribution is 5.50. The molecule has 65 valence electrons. The predicted molar refractivity (Wildman–Crippen MR) is 42.2 cm³/mol. The lowest BCUT2D eigenvalue weighted by molar-refractivity contribution is -0.386. The van der Waals surface area contributed by atoms with E-state index in [4.69, 9.17) is 5.26 Å². The Morgan fingerprint density at radius 3 is 2.69 bits per heavy atom. The van der Waals surface area contributed by atoms with E-state index in [1.807, 2.05) is 0 Å². The van der Waals surface area contributed by atoms with Crippen LogP contribution < -0.4 is 0 Å². The van der Waals surface area contributed by atoms with Gasteiger partial charge in [-0.05, 0) is 6.07 Å². The molecule has 0 aliphatic carbocycles. The highest BCUT2D eigenvalue weighted by atomic mass is 16.6. The zero-order valence-electron chi connectivity index (χ0n) is 6.56. The average Bonchev–Trinajstić information content (AvgIpc) is 2.16. The zero-order valence-corrected chi connectivity index (χ0v) is 6.56. The van der Waals surface area contributed by atoms with E-state index < -0.39 is 11.5 Å². The summed E-state index contributed by atoms with van der Waals surface area (Å²) in [7, 11) is 0. The van der Waals surface area contributed by atoms with Gasteiger partial charge in [0, 0.05) is 6.07 Å². The second-order valence-corrected chi connectivity index (χ2v) is 2.32. The third kappa shape index (κ3) is 1.63. The molecule has 1 radical (unpaired) electrons. The van der Waals surface area contributed by atoms with Crippen molar-refractivity contribution in [1.29, 1.82) is 5.26 Å². The van der Waals surface area contributed by atoms with Crippen LogP contribution in [0.1, 0.15) is 11.1 Å². The molecule has 0 spiro atoms. The maximum absolute atomic E-state index is 10.6. The Balaban J connectivity index is 3.38. The Kier molecular flexibility index (Phi) is 2.57. The SMILES string of the molecule is N#Cc1cccc([N+](=O)[O-])c1C[O]. The fraction of sp³-hybridized carbons (Fsp3) is 0.125. The molecular weight excluding hydrogens is 172 g/mol. The van der Waals surface area contributed by atoms with E-state index >= 15 is 0 Å². The molecule has 0 aliphatic heterocycles. The van der Waals surface area contributed by atoms with Crippen molar-refractivity contribution < 1.29 is 10.0 Å². The second kappa shape index (κ2) is 3.65. The third-order valence-electron chi connectivity index (χ3n) is 1.61. The molecule has 1 aromatic rings. The molecule has 0 atom stereocenters. The summed E-state index contributed by atoms with van der Waals surface area (Å²) < 4.78 is 0. The number of nitro groups is 1. The highest BCUT2D eigenvalue weighted by Gasteiger charge is 2.16. The van der Waals surface area contributed by atoms with Crippen LogP contribution in [0.25, 0.3) is 0 Å². The van der Waals surface area contributed by atoms with E-state index in [0.717, 1.165) is 0 Å². The van der Waals surface area contributed by atoms with E-state index in [2.05, 4.69) is 0 Å². The summed E-state index contributed by atoms with van der Waals surface area (Å²) in [5, 5.41) is 29.5. The van der Waals surface area contributed by atoms with Crippen molar-refractivity contribution >= 4 is 5.69 Å². The van der Waals surface area contributed by atoms with Gasteiger partial charge in [0.15, 0.2) is 0 Å². The lowest BCUT2D eigenvalue weighted by atomic mass is 10.1. The Morgan fingerprint density at radius 1 is 1.54 bits per heavy atom. The number of nitriles is 1. The van der Waals surface area contributed by atoms with E-state index in [0.29, 0.717) is 0 Å². The molecule has 0 aliphatic rings. The van der Waals surface area contributed by atoms with E-state index in [1.165, 1.54) is 18.2 Å². The fourth-order valence-corrected chi connectivity index (χ4v) is 1.00. The summed E-state index contributed by atoms with van der Waals surface area (Å²) >= 11 is 0. The molecule has 5 nitrogen and oxygen atoms in total. The summed E-state index contributed by atoms with van der Waals surface area (Å²) in [5.41, 5.74) is -0.256. The van der Waals surface area contributed by atoms with Gasteiger partial charge in [-0.15, -0.1) is 0 Å². The number of benzene rings is 1. The average molecular weight is 177 g/mol. The summed E-state index contributed by atoms with van der Waals surface area (Å²) in [5.74, 6) is 0. The van der Waals surface area contributed by atoms with Crippen LogP contribution in [0.5, 0.6) is 0 Å². The van der Waals surface area contributed by atoms with Gasteiger partial charge in [0.05, 0.1) is 22.1 Å². The molecule has 0 fully saturated rings. The van der Waals surface area contributed by atoms with Gasteiger partial charge >= 0.3 is 0 Å². The quantitative estimate of drug-likeness (QED) is 0.505. The van der Waals surface area contributed by atoms with Crippen LogP contribution in [-0.2, 0) is 11.7 Å². The van der Waals surface area contributed by atoms with Crippen LogP contribution in [0, 0.1) is 21.4 Å². The maximum Gasteiger partial charge on any atom is 0.276 e. The first-order chi connectivity index (χ1) is 6.20. The van der Waals surface area contributed by atoms with Crippen molar-refractivity contribution in [1.82, 2.24) is 0 Å². The molecule has 13 heavy (non-hydrogen) atoms. The zero-order chi connectivity index (χ0) is 9.84. The molecule has 0 unspecified atom stereocenters. The van der Waals surface area contributed by atoms with Crippen molar-refractivity contribution in [2.75, 3.05) is 0 Å². The first kappa shape index (κ1) is 9.16. The van der Waals surface area contributed by atoms with Crippen molar-refractivity contribution in [3.8, 4) is 6.07 Å². The van der Waals surface area contributed by atoms with Crippen LogP contribution in [0.3, 0.4) is 0 Å². The number of hydrogen-bond acceptors (Lipinski definition) is 3. The third-order valence-corrected chi connectivity index (χ3v) is 1.61. The number of nitro benzene ring substituents is 1. The van der Waals surface area contributed by atoms with Gasteiger partial charge in [0.2, 0.25) is 0 Å². The van der Waals surface area contributed by atoms with E-state index in [9.17, 15) is 15.2 Å². The van der Waals surface area contributed by atoms with Crippen molar-refractivity contribution in [2.24, 2.45) is 0 Å². The summed E-state index contributed by atoms with van der Waals surface area (Å²) in [6.07, 6.45) is 0. The van der Waals surface area contributed by atoms with Gasteiger partial charge in [-0.25, -0.2) is 5.11 Å². The molecule has 0 amide bonds. The van der Waals surface area contributed by atoms with Gasteiger partial charge in [0.25, 0.3) is 5.69 Å². The fourth-order valence-electron chi connectivity index (χ4n) is 1.00. The molecular formula is C8H5N2O3. The Labute approximate surface area is 74.0 Å². The first-order valence-corrected chi connectivity index (χ1v) is 3.45. The molecule has 0 bridgehead atoms. The second-order valence-electron chi connectivity index (χ2n) is 2.32. The highest BCUT2D eigenvalue weighted by Crippen LogP contribution is 2.21. The number of rotatable bonds is 2. The summed E-state index contributed by atoms with van der Waals surface area (Å²) in [6, 6.07) is 5.73. The first-order valence-electron chi connectivity index (χ1n) is 3.45. The van der Waals surface area contributed by atoms with Gasteiger partial charge in [-0.2, -0.15) is 5.26 Å². The monoisotopic (exact) mass is 177 g/mol. The van der Waals surface area contributed by atoms with Crippen LogP contribution in [0.4, 0.5) is 5.69 Å². The molecule has 0 heterocycles. The van der Waals surface area contributed by atoms with E-state index in [1.54, 1.807) is 6.07 Å². The predicted octanol–water partition coefficient (Wildman–Crippen LogP) is 1.40. The summed E-state index contributed by atoms with van der Waals surface area (Å²) in [4.78, 5) is 9.75. The number of hydrogen-bond donors (Lipinski definition) is 0. The Hall–Kier alpha value is -1.93. The minimum absolute atomic E-state index is 0.0463. The van der Waals surface area contributed by atoms with Gasteiger partial charge in [0.1, 0.15) is 6.61 Å². The molecule has 0 aromatic heterocycles. The smallest absolute Gasteiger partial charge is 0.258 e. The van der Waals surface area contributed by atoms with Crippen molar-refractivity contribution in [3.05, 3.63) is 39.4 Å². The minimum atomic E-state index is -0.750. The van der Waals surface area contributed by atoms with E-state index in [-0.39, 0.29) is 16.8 Å². The lowest BCUT2D eigenvalue weighted by Gasteiger charge is -1.98. The topological polar surface area (TPSA) is 86.8 Å². The standard InChI is InChI=1S/C8H5N2O3/c9-4-6-2-1-3-8(10(12)13)7(6)5-11/h1-3H,5H2. The molecule has 1 aromatic carbocycles. The minimum Gasteiger partial charge on any atom is -0.258 e. The lowest BCUT2D eigenvalue weighted by Crippen LogP contribution is -1.97. The molecule has 0 saturated heterocycles. The molecule has 5 heteroatoms. The maximum atomic E-state index is 10.6. The molecule has 1 rings (SSSR count). The van der Waals surface area contributed by atoms with Crippen LogP contribution in [0.2, 0.25) is 0 Å². The largest absolute Gasteiger partial charge is 0.276 e. The van der Waals surface area contributed by atoms with Crippen LogP contribution >= 0.6 is 0 Å². The molecule has 0 N–H and O–H groups in total. The van der Waals surface area contributed by atoms with Crippen molar-refractivity contribution in [2.45, 2.75) is 6.61 Å². The van der Waals surface area contributed by atoms with Crippen LogP contribution in [-0.4, -0.2) is 4.92 Å². The Bertz CT molecular complexity index is 381. The van der Waals surface area contributed by atoms with Crippen LogP contribution in [0.15, 0.2) is 18.2 Å². The number of nitrogens with zero attached hydrogens (tertiary/aromatic N) is 2.